The van der Waals surface area contributed by atoms with E-state index in [2.05, 4.69) is 6.07 Å². The van der Waals surface area contributed by atoms with Crippen LogP contribution in [0.25, 0.3) is 11.1 Å². The van der Waals surface area contributed by atoms with E-state index in [1.54, 1.807) is 30.9 Å². The Hall–Kier alpha value is -3.18. The van der Waals surface area contributed by atoms with Crippen molar-refractivity contribution in [1.29, 1.82) is 0 Å². The predicted octanol–water partition coefficient (Wildman–Crippen LogP) is 6.76. The van der Waals surface area contributed by atoms with Gasteiger partial charge in [-0.05, 0) is 67.6 Å². The van der Waals surface area contributed by atoms with Crippen molar-refractivity contribution in [2.24, 2.45) is 0 Å². The number of benzene rings is 3. The summed E-state index contributed by atoms with van der Waals surface area (Å²) in [5, 5.41) is 10.6. The van der Waals surface area contributed by atoms with Crippen molar-refractivity contribution in [2.45, 2.75) is 57.8 Å². The highest BCUT2D eigenvalue weighted by molar-refractivity contribution is 5.71. The van der Waals surface area contributed by atoms with Crippen molar-refractivity contribution >= 4 is 6.09 Å². The van der Waals surface area contributed by atoms with Crippen LogP contribution in [0.1, 0.15) is 56.3 Å². The molecule has 0 spiro atoms. The molecule has 1 aliphatic heterocycles. The van der Waals surface area contributed by atoms with Crippen molar-refractivity contribution in [3.63, 3.8) is 0 Å². The van der Waals surface area contributed by atoms with Crippen molar-refractivity contribution in [3.8, 4) is 11.1 Å². The van der Waals surface area contributed by atoms with Crippen LogP contribution in [-0.2, 0) is 10.3 Å². The van der Waals surface area contributed by atoms with E-state index in [-0.39, 0.29) is 18.0 Å². The van der Waals surface area contributed by atoms with E-state index in [9.17, 15) is 14.3 Å². The average molecular weight is 462 g/mol. The normalized spacial score (nSPS) is 19.6. The summed E-state index contributed by atoms with van der Waals surface area (Å²) < 4.78 is 19.4. The Labute approximate surface area is 201 Å². The van der Waals surface area contributed by atoms with E-state index >= 15 is 0 Å². The van der Waals surface area contributed by atoms with Crippen LogP contribution in [0.3, 0.4) is 0 Å². The lowest BCUT2D eigenvalue weighted by Gasteiger charge is -2.45. The van der Waals surface area contributed by atoms with Crippen LogP contribution in [0.2, 0.25) is 0 Å². The number of aliphatic hydroxyl groups is 1. The number of amides is 1. The van der Waals surface area contributed by atoms with E-state index in [1.165, 1.54) is 12.1 Å². The minimum atomic E-state index is -0.989. The molecular formula is C29H32FNO3. The van der Waals surface area contributed by atoms with Gasteiger partial charge in [0.1, 0.15) is 11.4 Å². The van der Waals surface area contributed by atoms with Gasteiger partial charge in [0, 0.05) is 19.4 Å². The minimum Gasteiger partial charge on any atom is -0.438 e. The molecule has 0 saturated carbocycles. The van der Waals surface area contributed by atoms with Gasteiger partial charge in [-0.15, -0.1) is 0 Å². The quantitative estimate of drug-likeness (QED) is 0.441. The molecule has 3 aromatic rings. The van der Waals surface area contributed by atoms with Crippen LogP contribution in [-0.4, -0.2) is 28.2 Å². The number of halogens is 1. The number of ether oxygens (including phenoxy) is 1. The topological polar surface area (TPSA) is 49.8 Å². The first kappa shape index (κ1) is 24.0. The van der Waals surface area contributed by atoms with E-state index in [1.807, 2.05) is 56.3 Å². The van der Waals surface area contributed by atoms with Crippen molar-refractivity contribution in [3.05, 3.63) is 95.3 Å². The predicted molar refractivity (Wildman–Crippen MR) is 132 cm³/mol. The van der Waals surface area contributed by atoms with Gasteiger partial charge in [0.05, 0.1) is 11.6 Å². The Morgan fingerprint density at radius 2 is 1.71 bits per heavy atom. The summed E-state index contributed by atoms with van der Waals surface area (Å²) in [4.78, 5) is 15.1. The third kappa shape index (κ3) is 5.00. The molecule has 2 atom stereocenters. The molecule has 1 saturated heterocycles. The Bertz CT molecular complexity index is 1150. The fraction of sp³-hybridized carbons (Fsp3) is 0.345. The highest BCUT2D eigenvalue weighted by atomic mass is 19.1. The molecule has 34 heavy (non-hydrogen) atoms. The highest BCUT2D eigenvalue weighted by Gasteiger charge is 2.46. The van der Waals surface area contributed by atoms with Crippen LogP contribution in [0.15, 0.2) is 72.8 Å². The lowest BCUT2D eigenvalue weighted by atomic mass is 9.80. The molecule has 178 valence electrons. The number of hydrogen-bond donors (Lipinski definition) is 1. The van der Waals surface area contributed by atoms with Crippen molar-refractivity contribution in [1.82, 2.24) is 4.90 Å². The van der Waals surface area contributed by atoms with Gasteiger partial charge in [-0.1, -0.05) is 60.7 Å². The minimum absolute atomic E-state index is 0.175. The highest BCUT2D eigenvalue weighted by Crippen LogP contribution is 2.42. The standard InChI is InChI=1S/C29H32FNO3/c1-20-18-23(22-10-13-25(30)14-11-22)12-15-26(20)21(2)31-17-16-29(34-27(31)32,19-28(3,4)33)24-8-6-5-7-9-24/h5-15,18,21,33H,16-17,19H2,1-4H3/t21-,29-/m0/s1. The summed E-state index contributed by atoms with van der Waals surface area (Å²) in [6, 6.07) is 22.1. The second-order valence-electron chi connectivity index (χ2n) is 9.92. The molecule has 0 aromatic heterocycles. The summed E-state index contributed by atoms with van der Waals surface area (Å²) in [6.07, 6.45) is 0.529. The maximum Gasteiger partial charge on any atom is 0.411 e. The molecule has 0 aliphatic carbocycles. The smallest absolute Gasteiger partial charge is 0.411 e. The number of carbonyl (C=O) groups is 1. The average Bonchev–Trinajstić information content (AvgIpc) is 2.79. The molecule has 0 bridgehead atoms. The number of nitrogens with zero attached hydrogens (tertiary/aromatic N) is 1. The number of rotatable bonds is 6. The number of carbonyl (C=O) groups excluding carboxylic acids is 1. The molecule has 1 fully saturated rings. The van der Waals surface area contributed by atoms with Gasteiger partial charge in [0.25, 0.3) is 0 Å². The molecule has 0 radical (unpaired) electrons. The lowest BCUT2D eigenvalue weighted by Crippen LogP contribution is -2.51. The zero-order valence-corrected chi connectivity index (χ0v) is 20.2. The molecule has 5 heteroatoms. The fourth-order valence-electron chi connectivity index (χ4n) is 5.03. The zero-order chi connectivity index (χ0) is 24.5. The molecule has 1 heterocycles. The first-order chi connectivity index (χ1) is 16.1. The van der Waals surface area contributed by atoms with E-state index < -0.39 is 11.2 Å². The van der Waals surface area contributed by atoms with Crippen LogP contribution in [0.5, 0.6) is 0 Å². The first-order valence-corrected chi connectivity index (χ1v) is 11.7. The van der Waals surface area contributed by atoms with Gasteiger partial charge < -0.3 is 14.7 Å². The third-order valence-electron chi connectivity index (χ3n) is 6.66. The van der Waals surface area contributed by atoms with Gasteiger partial charge in [0.15, 0.2) is 0 Å². The number of aryl methyl sites for hydroxylation is 1. The van der Waals surface area contributed by atoms with Crippen LogP contribution in [0, 0.1) is 12.7 Å². The maximum absolute atomic E-state index is 13.3. The Morgan fingerprint density at radius 3 is 2.29 bits per heavy atom. The summed E-state index contributed by atoms with van der Waals surface area (Å²) in [5.41, 5.74) is 3.09. The second kappa shape index (κ2) is 9.22. The van der Waals surface area contributed by atoms with E-state index in [0.717, 1.165) is 27.8 Å². The van der Waals surface area contributed by atoms with Gasteiger partial charge in [-0.3, -0.25) is 0 Å². The van der Waals surface area contributed by atoms with Crippen LogP contribution >= 0.6 is 0 Å². The second-order valence-corrected chi connectivity index (χ2v) is 9.92. The molecule has 1 aliphatic rings. The van der Waals surface area contributed by atoms with Gasteiger partial charge in [-0.25, -0.2) is 9.18 Å². The third-order valence-corrected chi connectivity index (χ3v) is 6.66. The van der Waals surface area contributed by atoms with Crippen LogP contribution < -0.4 is 0 Å². The van der Waals surface area contributed by atoms with E-state index in [0.29, 0.717) is 19.4 Å². The SMILES string of the molecule is Cc1cc(-c2ccc(F)cc2)ccc1[C@H](C)N1CC[C@](CC(C)(C)O)(c2ccccc2)OC1=O. The van der Waals surface area contributed by atoms with Gasteiger partial charge in [-0.2, -0.15) is 0 Å². The first-order valence-electron chi connectivity index (χ1n) is 11.7. The van der Waals surface area contributed by atoms with Crippen molar-refractivity contribution in [2.75, 3.05) is 6.54 Å². The Balaban J connectivity index is 1.57. The van der Waals surface area contributed by atoms with E-state index in [4.69, 9.17) is 4.74 Å². The Kier molecular flexibility index (Phi) is 6.50. The van der Waals surface area contributed by atoms with Gasteiger partial charge in [0.2, 0.25) is 0 Å². The number of hydrogen-bond acceptors (Lipinski definition) is 3. The zero-order valence-electron chi connectivity index (χ0n) is 20.2. The number of cyclic esters (lactones) is 1. The monoisotopic (exact) mass is 461 g/mol. The molecule has 3 aromatic carbocycles. The van der Waals surface area contributed by atoms with Crippen molar-refractivity contribution < 1.29 is 19.0 Å². The molecule has 0 unspecified atom stereocenters. The summed E-state index contributed by atoms with van der Waals surface area (Å²) in [7, 11) is 0. The lowest BCUT2D eigenvalue weighted by molar-refractivity contribution is -0.101. The molecular weight excluding hydrogens is 429 g/mol. The molecule has 4 rings (SSSR count). The Morgan fingerprint density at radius 1 is 1.06 bits per heavy atom. The van der Waals surface area contributed by atoms with Crippen LogP contribution in [0.4, 0.5) is 9.18 Å². The fourth-order valence-corrected chi connectivity index (χ4v) is 5.03. The molecule has 1 amide bonds. The summed E-state index contributed by atoms with van der Waals surface area (Å²) in [6.45, 7) is 8.03. The molecule has 1 N–H and O–H groups in total. The summed E-state index contributed by atoms with van der Waals surface area (Å²) >= 11 is 0. The van der Waals surface area contributed by atoms with Gasteiger partial charge >= 0.3 is 6.09 Å². The summed E-state index contributed by atoms with van der Waals surface area (Å²) in [5.74, 6) is -0.259. The molecule has 4 nitrogen and oxygen atoms in total. The maximum atomic E-state index is 13.3. The largest absolute Gasteiger partial charge is 0.438 e.